The SMILES string of the molecule is Cc1cc(OC(C)C)c(C(=O)O)o1. The Morgan fingerprint density at radius 3 is 2.69 bits per heavy atom. The molecule has 1 aromatic rings. The van der Waals surface area contributed by atoms with Gasteiger partial charge < -0.3 is 14.3 Å². The van der Waals surface area contributed by atoms with Crippen molar-refractivity contribution in [1.29, 1.82) is 0 Å². The van der Waals surface area contributed by atoms with Crippen LogP contribution in [0.25, 0.3) is 0 Å². The molecule has 0 unspecified atom stereocenters. The number of ether oxygens (including phenoxy) is 1. The molecule has 0 bridgehead atoms. The third-order valence-electron chi connectivity index (χ3n) is 1.38. The van der Waals surface area contributed by atoms with Crippen LogP contribution in [0.5, 0.6) is 5.75 Å². The first-order valence-corrected chi connectivity index (χ1v) is 4.01. The van der Waals surface area contributed by atoms with Crippen LogP contribution in [0.1, 0.15) is 30.2 Å². The van der Waals surface area contributed by atoms with Crippen LogP contribution in [-0.2, 0) is 0 Å². The van der Waals surface area contributed by atoms with Gasteiger partial charge in [0.1, 0.15) is 5.76 Å². The number of hydrogen-bond donors (Lipinski definition) is 1. The van der Waals surface area contributed by atoms with E-state index >= 15 is 0 Å². The molecule has 0 fully saturated rings. The van der Waals surface area contributed by atoms with E-state index < -0.39 is 5.97 Å². The molecule has 0 aromatic carbocycles. The second-order valence-electron chi connectivity index (χ2n) is 3.02. The molecule has 1 rings (SSSR count). The van der Waals surface area contributed by atoms with Gasteiger partial charge in [0.2, 0.25) is 0 Å². The minimum atomic E-state index is -1.11. The van der Waals surface area contributed by atoms with E-state index in [1.807, 2.05) is 13.8 Å². The van der Waals surface area contributed by atoms with Gasteiger partial charge in [-0.05, 0) is 20.8 Å². The highest BCUT2D eigenvalue weighted by Crippen LogP contribution is 2.24. The Morgan fingerprint density at radius 1 is 1.62 bits per heavy atom. The average Bonchev–Trinajstić information content (AvgIpc) is 2.29. The van der Waals surface area contributed by atoms with Crippen LogP contribution in [0.3, 0.4) is 0 Å². The smallest absolute Gasteiger partial charge is 0.375 e. The van der Waals surface area contributed by atoms with E-state index in [2.05, 4.69) is 0 Å². The van der Waals surface area contributed by atoms with E-state index in [0.717, 1.165) is 0 Å². The zero-order valence-corrected chi connectivity index (χ0v) is 7.83. The molecule has 4 heteroatoms. The van der Waals surface area contributed by atoms with Crippen molar-refractivity contribution in [3.63, 3.8) is 0 Å². The third-order valence-corrected chi connectivity index (χ3v) is 1.38. The monoisotopic (exact) mass is 184 g/mol. The van der Waals surface area contributed by atoms with Crippen molar-refractivity contribution in [3.05, 3.63) is 17.6 Å². The molecule has 4 nitrogen and oxygen atoms in total. The molecule has 1 N–H and O–H groups in total. The maximum Gasteiger partial charge on any atom is 0.375 e. The molecule has 0 aliphatic rings. The maximum absolute atomic E-state index is 10.6. The van der Waals surface area contributed by atoms with E-state index in [9.17, 15) is 4.79 Å². The van der Waals surface area contributed by atoms with Gasteiger partial charge in [0, 0.05) is 6.07 Å². The first-order chi connectivity index (χ1) is 6.00. The summed E-state index contributed by atoms with van der Waals surface area (Å²) in [4.78, 5) is 10.6. The Balaban J connectivity index is 2.97. The Morgan fingerprint density at radius 2 is 2.23 bits per heavy atom. The lowest BCUT2D eigenvalue weighted by Crippen LogP contribution is -2.07. The van der Waals surface area contributed by atoms with Crippen molar-refractivity contribution >= 4 is 5.97 Å². The zero-order valence-electron chi connectivity index (χ0n) is 7.83. The van der Waals surface area contributed by atoms with Gasteiger partial charge in [-0.15, -0.1) is 0 Å². The number of carboxylic acids is 1. The summed E-state index contributed by atoms with van der Waals surface area (Å²) in [5.41, 5.74) is 0. The van der Waals surface area contributed by atoms with Gasteiger partial charge >= 0.3 is 5.97 Å². The lowest BCUT2D eigenvalue weighted by Gasteiger charge is -2.06. The zero-order chi connectivity index (χ0) is 10.0. The first-order valence-electron chi connectivity index (χ1n) is 4.01. The van der Waals surface area contributed by atoms with Gasteiger partial charge in [0.05, 0.1) is 6.10 Å². The summed E-state index contributed by atoms with van der Waals surface area (Å²) in [5.74, 6) is -0.414. The fraction of sp³-hybridized carbons (Fsp3) is 0.444. The molecule has 0 radical (unpaired) electrons. The average molecular weight is 184 g/mol. The molecule has 0 aliphatic heterocycles. The van der Waals surface area contributed by atoms with Crippen molar-refractivity contribution in [2.75, 3.05) is 0 Å². The van der Waals surface area contributed by atoms with Gasteiger partial charge in [-0.25, -0.2) is 4.79 Å². The number of hydrogen-bond acceptors (Lipinski definition) is 3. The number of aromatic carboxylic acids is 1. The maximum atomic E-state index is 10.6. The fourth-order valence-electron chi connectivity index (χ4n) is 0.981. The molecular formula is C9H12O4. The Labute approximate surface area is 76.1 Å². The van der Waals surface area contributed by atoms with E-state index in [0.29, 0.717) is 11.5 Å². The van der Waals surface area contributed by atoms with Crippen LogP contribution in [0.2, 0.25) is 0 Å². The molecule has 0 aliphatic carbocycles. The highest BCUT2D eigenvalue weighted by atomic mass is 16.5. The lowest BCUT2D eigenvalue weighted by atomic mass is 10.4. The lowest BCUT2D eigenvalue weighted by molar-refractivity contribution is 0.0652. The predicted octanol–water partition coefficient (Wildman–Crippen LogP) is 2.07. The number of aryl methyl sites for hydroxylation is 1. The summed E-state index contributed by atoms with van der Waals surface area (Å²) in [6.45, 7) is 5.33. The van der Waals surface area contributed by atoms with Crippen molar-refractivity contribution in [2.45, 2.75) is 26.9 Å². The highest BCUT2D eigenvalue weighted by Gasteiger charge is 2.18. The summed E-state index contributed by atoms with van der Waals surface area (Å²) in [7, 11) is 0. The number of furan rings is 1. The third kappa shape index (κ3) is 2.24. The van der Waals surface area contributed by atoms with Crippen molar-refractivity contribution < 1.29 is 19.1 Å². The highest BCUT2D eigenvalue weighted by molar-refractivity contribution is 5.87. The van der Waals surface area contributed by atoms with Crippen LogP contribution in [-0.4, -0.2) is 17.2 Å². The summed E-state index contributed by atoms with van der Waals surface area (Å²) in [6.07, 6.45) is -0.0601. The van der Waals surface area contributed by atoms with Gasteiger partial charge in [0.15, 0.2) is 5.75 Å². The van der Waals surface area contributed by atoms with Gasteiger partial charge in [-0.3, -0.25) is 0 Å². The largest absolute Gasteiger partial charge is 0.487 e. The van der Waals surface area contributed by atoms with Gasteiger partial charge in [-0.1, -0.05) is 0 Å². The minimum Gasteiger partial charge on any atom is -0.487 e. The van der Waals surface area contributed by atoms with E-state index in [4.69, 9.17) is 14.3 Å². The predicted molar refractivity (Wildman–Crippen MR) is 46.2 cm³/mol. The molecule has 72 valence electrons. The molecular weight excluding hydrogens is 172 g/mol. The topological polar surface area (TPSA) is 59.7 Å². The molecule has 0 spiro atoms. The quantitative estimate of drug-likeness (QED) is 0.781. The van der Waals surface area contributed by atoms with Crippen LogP contribution in [0, 0.1) is 6.92 Å². The van der Waals surface area contributed by atoms with Crippen LogP contribution < -0.4 is 4.74 Å². The first kappa shape index (κ1) is 9.64. The van der Waals surface area contributed by atoms with E-state index in [1.54, 1.807) is 13.0 Å². The van der Waals surface area contributed by atoms with Crippen LogP contribution >= 0.6 is 0 Å². The summed E-state index contributed by atoms with van der Waals surface area (Å²) in [5, 5.41) is 8.72. The standard InChI is InChI=1S/C9H12O4/c1-5(2)12-7-4-6(3)13-8(7)9(10)11/h4-5H,1-3H3,(H,10,11). The fourth-order valence-corrected chi connectivity index (χ4v) is 0.981. The summed E-state index contributed by atoms with van der Waals surface area (Å²) in [6, 6.07) is 1.57. The molecule has 0 atom stereocenters. The minimum absolute atomic E-state index is 0.0601. The molecule has 1 aromatic heterocycles. The van der Waals surface area contributed by atoms with Crippen LogP contribution in [0.4, 0.5) is 0 Å². The van der Waals surface area contributed by atoms with Gasteiger partial charge in [0.25, 0.3) is 5.76 Å². The summed E-state index contributed by atoms with van der Waals surface area (Å²) >= 11 is 0. The van der Waals surface area contributed by atoms with Crippen molar-refractivity contribution in [1.82, 2.24) is 0 Å². The Hall–Kier alpha value is -1.45. The molecule has 0 saturated heterocycles. The molecule has 1 heterocycles. The normalized spacial score (nSPS) is 10.5. The molecule has 13 heavy (non-hydrogen) atoms. The van der Waals surface area contributed by atoms with Gasteiger partial charge in [-0.2, -0.15) is 0 Å². The number of carboxylic acid groups (broad SMARTS) is 1. The number of carbonyl (C=O) groups is 1. The van der Waals surface area contributed by atoms with Crippen LogP contribution in [0.15, 0.2) is 10.5 Å². The van der Waals surface area contributed by atoms with E-state index in [-0.39, 0.29) is 11.9 Å². The second kappa shape index (κ2) is 3.51. The second-order valence-corrected chi connectivity index (χ2v) is 3.02. The number of rotatable bonds is 3. The van der Waals surface area contributed by atoms with Crippen molar-refractivity contribution in [2.24, 2.45) is 0 Å². The molecule has 0 amide bonds. The summed E-state index contributed by atoms with van der Waals surface area (Å²) < 4.78 is 10.2. The van der Waals surface area contributed by atoms with E-state index in [1.165, 1.54) is 0 Å². The Bertz CT molecular complexity index is 311. The Kier molecular flexibility index (Phi) is 2.60. The van der Waals surface area contributed by atoms with Crippen molar-refractivity contribution in [3.8, 4) is 5.75 Å². The molecule has 0 saturated carbocycles.